The molecule has 2 atom stereocenters. The largest absolute Gasteiger partial charge is 0.353 e. The van der Waals surface area contributed by atoms with Crippen LogP contribution in [0.1, 0.15) is 24.2 Å². The molecule has 0 radical (unpaired) electrons. The second-order valence-electron chi connectivity index (χ2n) is 5.76. The summed E-state index contributed by atoms with van der Waals surface area (Å²) in [6.07, 6.45) is -0.110. The first-order valence-electron chi connectivity index (χ1n) is 7.80. The van der Waals surface area contributed by atoms with Gasteiger partial charge in [0.05, 0.1) is 11.9 Å². The summed E-state index contributed by atoms with van der Waals surface area (Å²) in [5, 5.41) is 0. The van der Waals surface area contributed by atoms with Crippen LogP contribution in [0.5, 0.6) is 0 Å². The van der Waals surface area contributed by atoms with Crippen LogP contribution in [-0.4, -0.2) is 31.2 Å². The van der Waals surface area contributed by atoms with Crippen LogP contribution in [0.4, 0.5) is 0 Å². The number of nitrogens with zero attached hydrogens (tertiary/aromatic N) is 1. The van der Waals surface area contributed by atoms with Gasteiger partial charge in [0, 0.05) is 6.54 Å². The maximum Gasteiger partial charge on any atom is 0.216 e. The first-order chi connectivity index (χ1) is 11.1. The van der Waals surface area contributed by atoms with Gasteiger partial charge in [-0.05, 0) is 24.5 Å². The number of hydrogen-bond acceptors (Lipinski definition) is 3. The third kappa shape index (κ3) is 3.80. The molecule has 0 bridgehead atoms. The number of sulfonamides is 1. The Bertz CT molecular complexity index is 731. The molecule has 4 nitrogen and oxygen atoms in total. The van der Waals surface area contributed by atoms with Crippen molar-refractivity contribution in [1.29, 1.82) is 0 Å². The van der Waals surface area contributed by atoms with Crippen molar-refractivity contribution < 1.29 is 13.2 Å². The normalized spacial score (nSPS) is 22.3. The van der Waals surface area contributed by atoms with Crippen LogP contribution < -0.4 is 0 Å². The van der Waals surface area contributed by atoms with E-state index in [-0.39, 0.29) is 11.9 Å². The zero-order valence-electron chi connectivity index (χ0n) is 13.1. The van der Waals surface area contributed by atoms with Gasteiger partial charge in [-0.2, -0.15) is 4.31 Å². The first-order valence-corrected chi connectivity index (χ1v) is 9.41. The fourth-order valence-electron chi connectivity index (χ4n) is 2.86. The third-order valence-electron chi connectivity index (χ3n) is 4.13. The lowest BCUT2D eigenvalue weighted by Gasteiger charge is -2.19. The lowest BCUT2D eigenvalue weighted by molar-refractivity contribution is 0.0344. The molecule has 0 aliphatic carbocycles. The Kier molecular flexibility index (Phi) is 4.80. The SMILES string of the molecule is CC1OC(c2ccccc2)CN1S(=O)(=O)CCc1ccccc1. The quantitative estimate of drug-likeness (QED) is 0.846. The summed E-state index contributed by atoms with van der Waals surface area (Å²) < 4.78 is 32.6. The zero-order valence-corrected chi connectivity index (χ0v) is 13.9. The van der Waals surface area contributed by atoms with Gasteiger partial charge in [-0.3, -0.25) is 0 Å². The first kappa shape index (κ1) is 16.2. The molecule has 2 aromatic rings. The highest BCUT2D eigenvalue weighted by atomic mass is 32.2. The average molecular weight is 331 g/mol. The Hall–Kier alpha value is -1.69. The molecule has 0 amide bonds. The second kappa shape index (κ2) is 6.83. The molecule has 1 heterocycles. The number of ether oxygens (including phenoxy) is 1. The van der Waals surface area contributed by atoms with Gasteiger partial charge in [0.1, 0.15) is 6.23 Å². The number of hydrogen-bond donors (Lipinski definition) is 0. The van der Waals surface area contributed by atoms with Crippen LogP contribution in [0.3, 0.4) is 0 Å². The molecule has 0 aromatic heterocycles. The molecular weight excluding hydrogens is 310 g/mol. The maximum absolute atomic E-state index is 12.6. The summed E-state index contributed by atoms with van der Waals surface area (Å²) >= 11 is 0. The summed E-state index contributed by atoms with van der Waals surface area (Å²) in [5.74, 6) is 0.103. The zero-order chi connectivity index (χ0) is 16.3. The molecule has 0 spiro atoms. The van der Waals surface area contributed by atoms with E-state index in [0.29, 0.717) is 13.0 Å². The predicted molar refractivity (Wildman–Crippen MR) is 90.4 cm³/mol. The van der Waals surface area contributed by atoms with Gasteiger partial charge >= 0.3 is 0 Å². The summed E-state index contributed by atoms with van der Waals surface area (Å²) in [4.78, 5) is 0. The molecule has 1 saturated heterocycles. The number of aryl methyl sites for hydroxylation is 1. The number of benzene rings is 2. The van der Waals surface area contributed by atoms with Crippen molar-refractivity contribution in [3.05, 3.63) is 71.8 Å². The lowest BCUT2D eigenvalue weighted by Crippen LogP contribution is -2.36. The van der Waals surface area contributed by atoms with Gasteiger partial charge in [-0.25, -0.2) is 8.42 Å². The van der Waals surface area contributed by atoms with Crippen molar-refractivity contribution in [2.24, 2.45) is 0 Å². The molecule has 122 valence electrons. The topological polar surface area (TPSA) is 46.6 Å². The van der Waals surface area contributed by atoms with Crippen molar-refractivity contribution in [3.63, 3.8) is 0 Å². The Morgan fingerprint density at radius 3 is 2.30 bits per heavy atom. The summed E-state index contributed by atoms with van der Waals surface area (Å²) in [6.45, 7) is 2.17. The van der Waals surface area contributed by atoms with Crippen molar-refractivity contribution in [1.82, 2.24) is 4.31 Å². The molecule has 1 fully saturated rings. The highest BCUT2D eigenvalue weighted by molar-refractivity contribution is 7.89. The van der Waals surface area contributed by atoms with E-state index in [1.165, 1.54) is 4.31 Å². The van der Waals surface area contributed by atoms with Crippen molar-refractivity contribution >= 4 is 10.0 Å². The van der Waals surface area contributed by atoms with Crippen LogP contribution in [-0.2, 0) is 21.2 Å². The van der Waals surface area contributed by atoms with E-state index in [1.54, 1.807) is 6.92 Å². The summed E-state index contributed by atoms with van der Waals surface area (Å²) in [5.41, 5.74) is 2.04. The Balaban J connectivity index is 1.68. The van der Waals surface area contributed by atoms with Gasteiger partial charge in [-0.1, -0.05) is 60.7 Å². The maximum atomic E-state index is 12.6. The third-order valence-corrected chi connectivity index (χ3v) is 6.01. The number of rotatable bonds is 5. The van der Waals surface area contributed by atoms with Crippen LogP contribution in [0.25, 0.3) is 0 Å². The molecule has 23 heavy (non-hydrogen) atoms. The molecule has 1 aliphatic heterocycles. The fraction of sp³-hybridized carbons (Fsp3) is 0.333. The minimum absolute atomic E-state index is 0.103. The molecule has 0 saturated carbocycles. The fourth-order valence-corrected chi connectivity index (χ4v) is 4.45. The van der Waals surface area contributed by atoms with Gasteiger partial charge in [0.25, 0.3) is 0 Å². The molecule has 2 unspecified atom stereocenters. The van der Waals surface area contributed by atoms with Crippen molar-refractivity contribution in [2.45, 2.75) is 25.7 Å². The lowest BCUT2D eigenvalue weighted by atomic mass is 10.1. The minimum Gasteiger partial charge on any atom is -0.353 e. The smallest absolute Gasteiger partial charge is 0.216 e. The van der Waals surface area contributed by atoms with Gasteiger partial charge < -0.3 is 4.74 Å². The Labute approximate surface area is 137 Å². The van der Waals surface area contributed by atoms with Crippen LogP contribution >= 0.6 is 0 Å². The van der Waals surface area contributed by atoms with E-state index < -0.39 is 16.3 Å². The standard InChI is InChI=1S/C18H21NO3S/c1-15-19(14-18(22-15)17-10-6-3-7-11-17)23(20,21)13-12-16-8-4-2-5-9-16/h2-11,15,18H,12-14H2,1H3. The van der Waals surface area contributed by atoms with Crippen molar-refractivity contribution in [3.8, 4) is 0 Å². The molecule has 3 rings (SSSR count). The van der Waals surface area contributed by atoms with E-state index >= 15 is 0 Å². The van der Waals surface area contributed by atoms with E-state index in [9.17, 15) is 8.42 Å². The monoisotopic (exact) mass is 331 g/mol. The molecule has 0 N–H and O–H groups in total. The highest BCUT2D eigenvalue weighted by Gasteiger charge is 2.38. The van der Waals surface area contributed by atoms with Crippen molar-refractivity contribution in [2.75, 3.05) is 12.3 Å². The summed E-state index contributed by atoms with van der Waals surface area (Å²) in [6, 6.07) is 19.4. The molecule has 5 heteroatoms. The van der Waals surface area contributed by atoms with Gasteiger partial charge in [-0.15, -0.1) is 0 Å². The van der Waals surface area contributed by atoms with Crippen LogP contribution in [0, 0.1) is 0 Å². The summed E-state index contributed by atoms with van der Waals surface area (Å²) in [7, 11) is -3.34. The Morgan fingerprint density at radius 1 is 1.04 bits per heavy atom. The Morgan fingerprint density at radius 2 is 1.65 bits per heavy atom. The average Bonchev–Trinajstić information content (AvgIpc) is 2.98. The van der Waals surface area contributed by atoms with Gasteiger partial charge in [0.15, 0.2) is 0 Å². The van der Waals surface area contributed by atoms with E-state index in [4.69, 9.17) is 4.74 Å². The van der Waals surface area contributed by atoms with Crippen LogP contribution in [0.2, 0.25) is 0 Å². The van der Waals surface area contributed by atoms with Gasteiger partial charge in [0.2, 0.25) is 10.0 Å². The predicted octanol–water partition coefficient (Wildman–Crippen LogP) is 2.98. The second-order valence-corrected chi connectivity index (χ2v) is 7.80. The molecule has 2 aromatic carbocycles. The minimum atomic E-state index is -3.34. The highest BCUT2D eigenvalue weighted by Crippen LogP contribution is 2.30. The molecular formula is C18H21NO3S. The van der Waals surface area contributed by atoms with E-state index in [1.807, 2.05) is 60.7 Å². The molecule has 1 aliphatic rings. The van der Waals surface area contributed by atoms with E-state index in [2.05, 4.69) is 0 Å². The van der Waals surface area contributed by atoms with E-state index in [0.717, 1.165) is 11.1 Å². The van der Waals surface area contributed by atoms with Crippen LogP contribution in [0.15, 0.2) is 60.7 Å².